The Labute approximate surface area is 95.8 Å². The minimum absolute atomic E-state index is 0.175. The number of hydrogen-bond donors (Lipinski definition) is 1. The number of rotatable bonds is 2. The molecule has 0 radical (unpaired) electrons. The van der Waals surface area contributed by atoms with Crippen molar-refractivity contribution < 1.29 is 9.53 Å². The molecule has 0 amide bonds. The summed E-state index contributed by atoms with van der Waals surface area (Å²) in [7, 11) is 1.44. The molecular formula is C13H17NO2. The van der Waals surface area contributed by atoms with Crippen LogP contribution in [0.15, 0.2) is 18.2 Å². The average molecular weight is 219 g/mol. The quantitative estimate of drug-likeness (QED) is 0.775. The van der Waals surface area contributed by atoms with Gasteiger partial charge in [0.1, 0.15) is 5.54 Å². The molecule has 1 aliphatic rings. The summed E-state index contributed by atoms with van der Waals surface area (Å²) >= 11 is 0. The number of methoxy groups -OCH3 is 1. The summed E-state index contributed by atoms with van der Waals surface area (Å²) in [5.41, 5.74) is 2.90. The zero-order valence-electron chi connectivity index (χ0n) is 9.96. The van der Waals surface area contributed by atoms with E-state index >= 15 is 0 Å². The first-order valence-electron chi connectivity index (χ1n) is 5.58. The van der Waals surface area contributed by atoms with Crippen LogP contribution in [0.1, 0.15) is 24.5 Å². The second kappa shape index (κ2) is 3.81. The zero-order valence-corrected chi connectivity index (χ0v) is 9.96. The van der Waals surface area contributed by atoms with Crippen LogP contribution in [0.4, 0.5) is 5.69 Å². The molecule has 1 N–H and O–H groups in total. The van der Waals surface area contributed by atoms with Crippen LogP contribution in [0.25, 0.3) is 0 Å². The van der Waals surface area contributed by atoms with Crippen molar-refractivity contribution in [2.24, 2.45) is 0 Å². The molecule has 1 aliphatic heterocycles. The molecule has 0 bridgehead atoms. The fourth-order valence-corrected chi connectivity index (χ4v) is 2.34. The first-order valence-corrected chi connectivity index (χ1v) is 5.58. The molecule has 0 saturated heterocycles. The van der Waals surface area contributed by atoms with Crippen molar-refractivity contribution in [3.05, 3.63) is 29.3 Å². The number of ether oxygens (including phenoxy) is 1. The van der Waals surface area contributed by atoms with Gasteiger partial charge < -0.3 is 10.1 Å². The van der Waals surface area contributed by atoms with Crippen LogP contribution in [0.2, 0.25) is 0 Å². The highest BCUT2D eigenvalue weighted by molar-refractivity contribution is 5.88. The number of hydrogen-bond acceptors (Lipinski definition) is 3. The van der Waals surface area contributed by atoms with Gasteiger partial charge in [0.05, 0.1) is 7.11 Å². The van der Waals surface area contributed by atoms with Gasteiger partial charge in [0.25, 0.3) is 0 Å². The summed E-state index contributed by atoms with van der Waals surface area (Å²) in [6.45, 7) is 4.06. The number of aryl methyl sites for hydroxylation is 1. The van der Waals surface area contributed by atoms with Gasteiger partial charge in [-0.2, -0.15) is 0 Å². The summed E-state index contributed by atoms with van der Waals surface area (Å²) < 4.78 is 4.90. The van der Waals surface area contributed by atoms with Gasteiger partial charge in [-0.3, -0.25) is 0 Å². The number of benzene rings is 1. The summed E-state index contributed by atoms with van der Waals surface area (Å²) in [4.78, 5) is 11.9. The number of carbonyl (C=O) groups excluding carboxylic acids is 1. The molecule has 86 valence electrons. The average Bonchev–Trinajstić information content (AvgIpc) is 2.69. The van der Waals surface area contributed by atoms with Gasteiger partial charge in [0, 0.05) is 12.1 Å². The molecule has 1 aromatic rings. The summed E-state index contributed by atoms with van der Waals surface area (Å²) in [6, 6.07) is 6.14. The van der Waals surface area contributed by atoms with Crippen LogP contribution in [0, 0.1) is 6.92 Å². The predicted molar refractivity (Wildman–Crippen MR) is 63.5 cm³/mol. The van der Waals surface area contributed by atoms with Crippen LogP contribution in [-0.4, -0.2) is 18.6 Å². The van der Waals surface area contributed by atoms with Crippen LogP contribution in [0.3, 0.4) is 0 Å². The minimum Gasteiger partial charge on any atom is -0.467 e. The van der Waals surface area contributed by atoms with Crippen LogP contribution in [0.5, 0.6) is 0 Å². The van der Waals surface area contributed by atoms with Crippen molar-refractivity contribution in [1.29, 1.82) is 0 Å². The molecular weight excluding hydrogens is 202 g/mol. The number of fused-ring (bicyclic) bond motifs is 1. The van der Waals surface area contributed by atoms with E-state index in [0.29, 0.717) is 6.42 Å². The molecule has 1 aromatic carbocycles. The third kappa shape index (κ3) is 1.47. The van der Waals surface area contributed by atoms with E-state index < -0.39 is 5.54 Å². The Morgan fingerprint density at radius 3 is 2.88 bits per heavy atom. The second-order valence-corrected chi connectivity index (χ2v) is 4.34. The fraction of sp³-hybridized carbons (Fsp3) is 0.462. The lowest BCUT2D eigenvalue weighted by Crippen LogP contribution is -2.45. The molecule has 16 heavy (non-hydrogen) atoms. The lowest BCUT2D eigenvalue weighted by atomic mass is 9.92. The molecule has 1 unspecified atom stereocenters. The second-order valence-electron chi connectivity index (χ2n) is 4.34. The van der Waals surface area contributed by atoms with Gasteiger partial charge in [-0.05, 0) is 24.5 Å². The van der Waals surface area contributed by atoms with E-state index in [0.717, 1.165) is 12.1 Å². The van der Waals surface area contributed by atoms with Crippen LogP contribution >= 0.6 is 0 Å². The van der Waals surface area contributed by atoms with Gasteiger partial charge in [-0.25, -0.2) is 4.79 Å². The Bertz CT molecular complexity index is 428. The largest absolute Gasteiger partial charge is 0.467 e. The van der Waals surface area contributed by atoms with Gasteiger partial charge in [-0.15, -0.1) is 0 Å². The van der Waals surface area contributed by atoms with E-state index in [1.807, 2.05) is 13.0 Å². The molecule has 3 heteroatoms. The standard InChI is InChI=1S/C13H17NO2/c1-4-13(12(15)16-3)8-10-7-5-6-9(2)11(10)14-13/h5-7,14H,4,8H2,1-3H3. The van der Waals surface area contributed by atoms with Crippen molar-refractivity contribution in [2.75, 3.05) is 12.4 Å². The van der Waals surface area contributed by atoms with E-state index in [-0.39, 0.29) is 5.97 Å². The molecule has 1 atom stereocenters. The normalized spacial score (nSPS) is 22.4. The van der Waals surface area contributed by atoms with Gasteiger partial charge in [0.15, 0.2) is 0 Å². The number of nitrogens with one attached hydrogen (secondary N) is 1. The molecule has 1 heterocycles. The Hall–Kier alpha value is -1.51. The number of para-hydroxylation sites is 1. The van der Waals surface area contributed by atoms with Crippen molar-refractivity contribution >= 4 is 11.7 Å². The minimum atomic E-state index is -0.566. The molecule has 0 aromatic heterocycles. The summed E-state index contributed by atoms with van der Waals surface area (Å²) in [5, 5.41) is 3.34. The number of anilines is 1. The Morgan fingerprint density at radius 1 is 1.56 bits per heavy atom. The van der Waals surface area contributed by atoms with Crippen molar-refractivity contribution in [3.8, 4) is 0 Å². The highest BCUT2D eigenvalue weighted by Gasteiger charge is 2.43. The molecule has 0 saturated carbocycles. The highest BCUT2D eigenvalue weighted by Crippen LogP contribution is 2.37. The fourth-order valence-electron chi connectivity index (χ4n) is 2.34. The molecule has 0 spiro atoms. The molecule has 0 aliphatic carbocycles. The van der Waals surface area contributed by atoms with Gasteiger partial charge in [0.2, 0.25) is 0 Å². The maximum Gasteiger partial charge on any atom is 0.331 e. The Balaban J connectivity index is 2.39. The molecule has 3 nitrogen and oxygen atoms in total. The number of esters is 1. The maximum atomic E-state index is 11.9. The number of carbonyl (C=O) groups is 1. The first kappa shape index (κ1) is 11.0. The summed E-state index contributed by atoms with van der Waals surface area (Å²) in [5.74, 6) is -0.175. The van der Waals surface area contributed by atoms with E-state index in [9.17, 15) is 4.79 Å². The third-order valence-electron chi connectivity index (χ3n) is 3.40. The monoisotopic (exact) mass is 219 g/mol. The molecule has 2 rings (SSSR count). The van der Waals surface area contributed by atoms with Crippen molar-refractivity contribution in [3.63, 3.8) is 0 Å². The Morgan fingerprint density at radius 2 is 2.31 bits per heavy atom. The first-order chi connectivity index (χ1) is 7.63. The SMILES string of the molecule is CCC1(C(=O)OC)Cc2cccc(C)c2N1. The smallest absolute Gasteiger partial charge is 0.331 e. The van der Waals surface area contributed by atoms with Crippen molar-refractivity contribution in [1.82, 2.24) is 0 Å². The topological polar surface area (TPSA) is 38.3 Å². The van der Waals surface area contributed by atoms with E-state index in [1.54, 1.807) is 0 Å². The van der Waals surface area contributed by atoms with Crippen molar-refractivity contribution in [2.45, 2.75) is 32.2 Å². The maximum absolute atomic E-state index is 11.9. The van der Waals surface area contributed by atoms with Crippen LogP contribution in [-0.2, 0) is 16.0 Å². The lowest BCUT2D eigenvalue weighted by Gasteiger charge is -2.25. The van der Waals surface area contributed by atoms with E-state index in [2.05, 4.69) is 24.4 Å². The van der Waals surface area contributed by atoms with E-state index in [1.165, 1.54) is 18.2 Å². The lowest BCUT2D eigenvalue weighted by molar-refractivity contribution is -0.145. The van der Waals surface area contributed by atoms with Crippen LogP contribution < -0.4 is 5.32 Å². The predicted octanol–water partition coefficient (Wildman–Crippen LogP) is 2.28. The van der Waals surface area contributed by atoms with Gasteiger partial charge in [-0.1, -0.05) is 25.1 Å². The summed E-state index contributed by atoms with van der Waals surface area (Å²) in [6.07, 6.45) is 1.45. The Kier molecular flexibility index (Phi) is 2.62. The third-order valence-corrected chi connectivity index (χ3v) is 3.40. The van der Waals surface area contributed by atoms with E-state index in [4.69, 9.17) is 4.74 Å². The zero-order chi connectivity index (χ0) is 11.8. The highest BCUT2D eigenvalue weighted by atomic mass is 16.5. The molecule has 0 fully saturated rings. The van der Waals surface area contributed by atoms with Gasteiger partial charge >= 0.3 is 5.97 Å².